The van der Waals surface area contributed by atoms with E-state index >= 15 is 0 Å². The lowest BCUT2D eigenvalue weighted by Gasteiger charge is -2.07. The number of carbonyl (C=O) groups is 2. The molecule has 0 aliphatic rings. The topological polar surface area (TPSA) is 116 Å². The SMILES string of the molecule is CCc1nn(C)c(C(=O)Nc2cccc(C(N)=O)c2)c1N. The minimum Gasteiger partial charge on any atom is -0.395 e. The summed E-state index contributed by atoms with van der Waals surface area (Å²) in [6, 6.07) is 6.39. The zero-order chi connectivity index (χ0) is 15.6. The van der Waals surface area contributed by atoms with Crippen LogP contribution in [0.15, 0.2) is 24.3 Å². The highest BCUT2D eigenvalue weighted by Crippen LogP contribution is 2.19. The Morgan fingerprint density at radius 3 is 2.67 bits per heavy atom. The van der Waals surface area contributed by atoms with Crippen LogP contribution in [-0.2, 0) is 13.5 Å². The van der Waals surface area contributed by atoms with Crippen LogP contribution in [-0.4, -0.2) is 21.6 Å². The summed E-state index contributed by atoms with van der Waals surface area (Å²) in [6.07, 6.45) is 0.643. The molecular weight excluding hydrogens is 270 g/mol. The third kappa shape index (κ3) is 2.86. The first-order chi connectivity index (χ1) is 9.93. The minimum atomic E-state index is -0.556. The van der Waals surface area contributed by atoms with E-state index in [2.05, 4.69) is 10.4 Å². The molecular formula is C14H17N5O2. The first-order valence-corrected chi connectivity index (χ1v) is 6.46. The molecule has 1 heterocycles. The zero-order valence-corrected chi connectivity index (χ0v) is 11.9. The molecule has 0 radical (unpaired) electrons. The molecule has 0 spiro atoms. The second kappa shape index (κ2) is 5.66. The van der Waals surface area contributed by atoms with Crippen LogP contribution in [0.4, 0.5) is 11.4 Å². The number of primary amides is 1. The van der Waals surface area contributed by atoms with Crippen molar-refractivity contribution in [3.05, 3.63) is 41.2 Å². The van der Waals surface area contributed by atoms with E-state index in [1.54, 1.807) is 25.2 Å². The smallest absolute Gasteiger partial charge is 0.276 e. The molecule has 0 fully saturated rings. The number of nitrogens with zero attached hydrogens (tertiary/aromatic N) is 2. The average molecular weight is 287 g/mol. The standard InChI is InChI=1S/C14H17N5O2/c1-3-10-11(15)12(19(2)18-10)14(21)17-9-6-4-5-8(7-9)13(16)20/h4-7H,3,15H2,1-2H3,(H2,16,20)(H,17,21). The molecule has 0 aliphatic carbocycles. The summed E-state index contributed by atoms with van der Waals surface area (Å²) in [5.74, 6) is -0.941. The summed E-state index contributed by atoms with van der Waals surface area (Å²) in [6.45, 7) is 1.91. The van der Waals surface area contributed by atoms with E-state index in [4.69, 9.17) is 11.5 Å². The van der Waals surface area contributed by atoms with Gasteiger partial charge in [-0.3, -0.25) is 14.3 Å². The Morgan fingerprint density at radius 2 is 2.10 bits per heavy atom. The van der Waals surface area contributed by atoms with Crippen molar-refractivity contribution in [1.29, 1.82) is 0 Å². The van der Waals surface area contributed by atoms with E-state index in [1.807, 2.05) is 6.92 Å². The highest BCUT2D eigenvalue weighted by atomic mass is 16.2. The number of anilines is 2. The number of nitrogen functional groups attached to an aromatic ring is 1. The van der Waals surface area contributed by atoms with Gasteiger partial charge in [0.1, 0.15) is 5.69 Å². The van der Waals surface area contributed by atoms with Gasteiger partial charge in [-0.1, -0.05) is 13.0 Å². The molecule has 0 bridgehead atoms. The fraction of sp³-hybridized carbons (Fsp3) is 0.214. The van der Waals surface area contributed by atoms with Crippen LogP contribution in [0, 0.1) is 0 Å². The van der Waals surface area contributed by atoms with Gasteiger partial charge in [-0.05, 0) is 24.6 Å². The molecule has 5 N–H and O–H groups in total. The predicted octanol–water partition coefficient (Wildman–Crippen LogP) is 0.916. The van der Waals surface area contributed by atoms with E-state index in [-0.39, 0.29) is 11.6 Å². The molecule has 0 saturated carbocycles. The number of aryl methyl sites for hydroxylation is 2. The molecule has 21 heavy (non-hydrogen) atoms. The van der Waals surface area contributed by atoms with Gasteiger partial charge >= 0.3 is 0 Å². The average Bonchev–Trinajstić information content (AvgIpc) is 2.73. The molecule has 1 aromatic carbocycles. The van der Waals surface area contributed by atoms with Crippen molar-refractivity contribution in [2.45, 2.75) is 13.3 Å². The summed E-state index contributed by atoms with van der Waals surface area (Å²) in [5.41, 5.74) is 13.3. The van der Waals surface area contributed by atoms with Gasteiger partial charge in [0, 0.05) is 18.3 Å². The lowest BCUT2D eigenvalue weighted by atomic mass is 10.2. The van der Waals surface area contributed by atoms with Crippen molar-refractivity contribution in [2.75, 3.05) is 11.1 Å². The van der Waals surface area contributed by atoms with Gasteiger partial charge in [-0.2, -0.15) is 5.10 Å². The number of aromatic nitrogens is 2. The molecule has 2 rings (SSSR count). The summed E-state index contributed by atoms with van der Waals surface area (Å²) >= 11 is 0. The van der Waals surface area contributed by atoms with Gasteiger partial charge in [0.05, 0.1) is 11.4 Å². The van der Waals surface area contributed by atoms with E-state index in [1.165, 1.54) is 10.7 Å². The zero-order valence-electron chi connectivity index (χ0n) is 11.9. The number of carbonyl (C=O) groups excluding carboxylic acids is 2. The number of hydrogen-bond donors (Lipinski definition) is 3. The number of hydrogen-bond acceptors (Lipinski definition) is 4. The summed E-state index contributed by atoms with van der Waals surface area (Å²) < 4.78 is 1.45. The second-order valence-corrected chi connectivity index (χ2v) is 4.59. The van der Waals surface area contributed by atoms with Gasteiger partial charge in [0.15, 0.2) is 0 Å². The number of benzene rings is 1. The van der Waals surface area contributed by atoms with Gasteiger partial charge < -0.3 is 16.8 Å². The Hall–Kier alpha value is -2.83. The number of nitrogens with one attached hydrogen (secondary N) is 1. The summed E-state index contributed by atoms with van der Waals surface area (Å²) in [5, 5.41) is 6.88. The minimum absolute atomic E-state index is 0.288. The van der Waals surface area contributed by atoms with Crippen molar-refractivity contribution in [3.63, 3.8) is 0 Å². The van der Waals surface area contributed by atoms with Crippen molar-refractivity contribution >= 4 is 23.2 Å². The molecule has 0 unspecified atom stereocenters. The van der Waals surface area contributed by atoms with Crippen LogP contribution >= 0.6 is 0 Å². The second-order valence-electron chi connectivity index (χ2n) is 4.59. The Bertz CT molecular complexity index is 705. The molecule has 110 valence electrons. The molecule has 0 saturated heterocycles. The van der Waals surface area contributed by atoms with Crippen LogP contribution in [0.1, 0.15) is 33.5 Å². The monoisotopic (exact) mass is 287 g/mol. The molecule has 1 aromatic heterocycles. The van der Waals surface area contributed by atoms with E-state index in [0.717, 1.165) is 0 Å². The largest absolute Gasteiger partial charge is 0.395 e. The fourth-order valence-electron chi connectivity index (χ4n) is 2.07. The Kier molecular flexibility index (Phi) is 3.93. The first-order valence-electron chi connectivity index (χ1n) is 6.46. The van der Waals surface area contributed by atoms with Gasteiger partial charge in [-0.25, -0.2) is 0 Å². The Balaban J connectivity index is 2.28. The molecule has 0 aliphatic heterocycles. The van der Waals surface area contributed by atoms with E-state index in [9.17, 15) is 9.59 Å². The molecule has 7 nitrogen and oxygen atoms in total. The maximum Gasteiger partial charge on any atom is 0.276 e. The van der Waals surface area contributed by atoms with E-state index in [0.29, 0.717) is 29.1 Å². The maximum atomic E-state index is 12.3. The molecule has 2 amide bonds. The van der Waals surface area contributed by atoms with Crippen LogP contribution in [0.5, 0.6) is 0 Å². The highest BCUT2D eigenvalue weighted by molar-refractivity contribution is 6.07. The third-order valence-electron chi connectivity index (χ3n) is 3.12. The molecule has 2 aromatic rings. The summed E-state index contributed by atoms with van der Waals surface area (Å²) in [7, 11) is 1.66. The third-order valence-corrected chi connectivity index (χ3v) is 3.12. The summed E-state index contributed by atoms with van der Waals surface area (Å²) in [4.78, 5) is 23.4. The van der Waals surface area contributed by atoms with Gasteiger partial charge in [-0.15, -0.1) is 0 Å². The molecule has 7 heteroatoms. The van der Waals surface area contributed by atoms with Crippen molar-refractivity contribution < 1.29 is 9.59 Å². The lowest BCUT2D eigenvalue weighted by molar-refractivity contribution is 0.0994. The predicted molar refractivity (Wildman–Crippen MR) is 79.9 cm³/mol. The van der Waals surface area contributed by atoms with Crippen molar-refractivity contribution in [2.24, 2.45) is 12.8 Å². The lowest BCUT2D eigenvalue weighted by Crippen LogP contribution is -2.18. The van der Waals surface area contributed by atoms with Crippen LogP contribution in [0.2, 0.25) is 0 Å². The quantitative estimate of drug-likeness (QED) is 0.775. The van der Waals surface area contributed by atoms with Gasteiger partial charge in [0.25, 0.3) is 5.91 Å². The van der Waals surface area contributed by atoms with Crippen molar-refractivity contribution in [3.8, 4) is 0 Å². The fourth-order valence-corrected chi connectivity index (χ4v) is 2.07. The van der Waals surface area contributed by atoms with Gasteiger partial charge in [0.2, 0.25) is 5.91 Å². The Morgan fingerprint density at radius 1 is 1.38 bits per heavy atom. The molecule has 0 atom stereocenters. The van der Waals surface area contributed by atoms with Crippen LogP contribution in [0.3, 0.4) is 0 Å². The number of nitrogens with two attached hydrogens (primary N) is 2. The van der Waals surface area contributed by atoms with Crippen LogP contribution < -0.4 is 16.8 Å². The maximum absolute atomic E-state index is 12.3. The normalized spacial score (nSPS) is 10.4. The van der Waals surface area contributed by atoms with E-state index < -0.39 is 5.91 Å². The number of rotatable bonds is 4. The van der Waals surface area contributed by atoms with Crippen LogP contribution in [0.25, 0.3) is 0 Å². The Labute approximate surface area is 121 Å². The highest BCUT2D eigenvalue weighted by Gasteiger charge is 2.19. The number of amides is 2. The first kappa shape index (κ1) is 14.6. The van der Waals surface area contributed by atoms with Crippen molar-refractivity contribution in [1.82, 2.24) is 9.78 Å².